The normalized spacial score (nSPS) is 12.9. The fourth-order valence-electron chi connectivity index (χ4n) is 3.63. The molecule has 0 aliphatic carbocycles. The third-order valence-corrected chi connectivity index (χ3v) is 5.23. The first-order valence-electron chi connectivity index (χ1n) is 10.4. The summed E-state index contributed by atoms with van der Waals surface area (Å²) in [5.41, 5.74) is 2.60. The maximum absolute atomic E-state index is 13.0. The Morgan fingerprint density at radius 3 is 2.39 bits per heavy atom. The molecule has 0 atom stereocenters. The van der Waals surface area contributed by atoms with Crippen LogP contribution in [-0.2, 0) is 11.2 Å². The van der Waals surface area contributed by atoms with Gasteiger partial charge in [-0.2, -0.15) is 0 Å². The van der Waals surface area contributed by atoms with Crippen LogP contribution < -0.4 is 15.0 Å². The van der Waals surface area contributed by atoms with Crippen molar-refractivity contribution in [2.24, 2.45) is 5.41 Å². The molecule has 0 unspecified atom stereocenters. The van der Waals surface area contributed by atoms with Gasteiger partial charge in [-0.15, -0.1) is 0 Å². The SMILES string of the molecule is CC(C)(C)C(=O)N1CCc2ccc(NC(=O)c3ccccc3Oc3ccccc3)cc21. The number of fused-ring (bicyclic) bond motifs is 1. The van der Waals surface area contributed by atoms with Gasteiger partial charge in [0.1, 0.15) is 11.5 Å². The molecule has 4 rings (SSSR count). The molecule has 158 valence electrons. The number of rotatable bonds is 4. The van der Waals surface area contributed by atoms with E-state index in [-0.39, 0.29) is 11.8 Å². The van der Waals surface area contributed by atoms with Crippen molar-refractivity contribution >= 4 is 23.2 Å². The predicted molar refractivity (Wildman–Crippen MR) is 123 cm³/mol. The van der Waals surface area contributed by atoms with Crippen molar-refractivity contribution in [2.45, 2.75) is 27.2 Å². The molecule has 0 aromatic heterocycles. The molecule has 0 saturated heterocycles. The summed E-state index contributed by atoms with van der Waals surface area (Å²) in [6, 6.07) is 22.2. The van der Waals surface area contributed by atoms with Gasteiger partial charge in [0.15, 0.2) is 0 Å². The fourth-order valence-corrected chi connectivity index (χ4v) is 3.63. The number of hydrogen-bond donors (Lipinski definition) is 1. The lowest BCUT2D eigenvalue weighted by Gasteiger charge is -2.26. The number of para-hydroxylation sites is 2. The molecule has 1 aliphatic rings. The molecule has 0 fully saturated rings. The second-order valence-corrected chi connectivity index (χ2v) is 8.67. The topological polar surface area (TPSA) is 58.6 Å². The van der Waals surface area contributed by atoms with Crippen LogP contribution in [0.5, 0.6) is 11.5 Å². The molecule has 1 heterocycles. The van der Waals surface area contributed by atoms with Gasteiger partial charge in [-0.05, 0) is 48.4 Å². The number of carbonyl (C=O) groups excluding carboxylic acids is 2. The Kier molecular flexibility index (Phi) is 5.51. The minimum atomic E-state index is -0.464. The van der Waals surface area contributed by atoms with E-state index in [0.717, 1.165) is 17.7 Å². The van der Waals surface area contributed by atoms with Crippen LogP contribution >= 0.6 is 0 Å². The summed E-state index contributed by atoms with van der Waals surface area (Å²) in [5, 5.41) is 2.96. The average Bonchev–Trinajstić information content (AvgIpc) is 3.16. The highest BCUT2D eigenvalue weighted by molar-refractivity contribution is 6.07. The number of benzene rings is 3. The van der Waals surface area contributed by atoms with E-state index in [1.807, 2.05) is 80.3 Å². The van der Waals surface area contributed by atoms with Crippen molar-refractivity contribution in [1.82, 2.24) is 0 Å². The zero-order chi connectivity index (χ0) is 22.0. The molecule has 1 N–H and O–H groups in total. The lowest BCUT2D eigenvalue weighted by atomic mass is 9.94. The maximum Gasteiger partial charge on any atom is 0.259 e. The van der Waals surface area contributed by atoms with Gasteiger partial charge in [0.2, 0.25) is 5.91 Å². The van der Waals surface area contributed by atoms with Crippen LogP contribution in [0.25, 0.3) is 0 Å². The average molecular weight is 415 g/mol. The third-order valence-electron chi connectivity index (χ3n) is 5.23. The molecule has 3 aromatic rings. The van der Waals surface area contributed by atoms with Crippen LogP contribution in [0.15, 0.2) is 72.8 Å². The first-order valence-corrected chi connectivity index (χ1v) is 10.4. The van der Waals surface area contributed by atoms with E-state index in [4.69, 9.17) is 4.74 Å². The Hall–Kier alpha value is -3.60. The molecular formula is C26H26N2O3. The van der Waals surface area contributed by atoms with E-state index in [0.29, 0.717) is 29.3 Å². The summed E-state index contributed by atoms with van der Waals surface area (Å²) in [6.07, 6.45) is 0.819. The summed E-state index contributed by atoms with van der Waals surface area (Å²) in [5.74, 6) is 0.961. The molecule has 1 aliphatic heterocycles. The number of amides is 2. The van der Waals surface area contributed by atoms with Gasteiger partial charge in [-0.1, -0.05) is 57.2 Å². The Morgan fingerprint density at radius 1 is 0.935 bits per heavy atom. The third kappa shape index (κ3) is 4.45. The molecule has 0 bridgehead atoms. The zero-order valence-electron chi connectivity index (χ0n) is 18.0. The van der Waals surface area contributed by atoms with Crippen molar-refractivity contribution in [1.29, 1.82) is 0 Å². The molecule has 2 amide bonds. The quantitative estimate of drug-likeness (QED) is 0.599. The van der Waals surface area contributed by atoms with Crippen molar-refractivity contribution in [2.75, 3.05) is 16.8 Å². The number of carbonyl (C=O) groups is 2. The molecule has 5 nitrogen and oxygen atoms in total. The molecule has 31 heavy (non-hydrogen) atoms. The highest BCUT2D eigenvalue weighted by Crippen LogP contribution is 2.34. The van der Waals surface area contributed by atoms with Gasteiger partial charge in [0.05, 0.1) is 5.56 Å². The molecule has 3 aromatic carbocycles. The summed E-state index contributed by atoms with van der Waals surface area (Å²) < 4.78 is 5.91. The first kappa shape index (κ1) is 20.7. The smallest absolute Gasteiger partial charge is 0.259 e. The molecule has 0 saturated carbocycles. The number of nitrogens with one attached hydrogen (secondary N) is 1. The minimum Gasteiger partial charge on any atom is -0.457 e. The van der Waals surface area contributed by atoms with Crippen LogP contribution in [0, 0.1) is 5.41 Å². The summed E-state index contributed by atoms with van der Waals surface area (Å²) in [7, 11) is 0. The standard InChI is InChI=1S/C26H26N2O3/c1-26(2,3)25(30)28-16-15-18-13-14-19(17-22(18)28)27-24(29)21-11-7-8-12-23(21)31-20-9-5-4-6-10-20/h4-14,17H,15-16H2,1-3H3,(H,27,29). The molecule has 0 spiro atoms. The predicted octanol–water partition coefficient (Wildman–Crippen LogP) is 5.67. The van der Waals surface area contributed by atoms with Gasteiger partial charge in [-0.3, -0.25) is 9.59 Å². The van der Waals surface area contributed by atoms with Crippen molar-refractivity contribution in [3.8, 4) is 11.5 Å². The zero-order valence-corrected chi connectivity index (χ0v) is 18.0. The van der Waals surface area contributed by atoms with Crippen LogP contribution in [0.4, 0.5) is 11.4 Å². The Morgan fingerprint density at radius 2 is 1.65 bits per heavy atom. The maximum atomic E-state index is 13.0. The van der Waals surface area contributed by atoms with Crippen LogP contribution in [-0.4, -0.2) is 18.4 Å². The Balaban J connectivity index is 1.56. The van der Waals surface area contributed by atoms with E-state index < -0.39 is 5.41 Å². The monoisotopic (exact) mass is 414 g/mol. The van der Waals surface area contributed by atoms with E-state index in [1.165, 1.54) is 0 Å². The van der Waals surface area contributed by atoms with E-state index in [9.17, 15) is 9.59 Å². The van der Waals surface area contributed by atoms with Crippen molar-refractivity contribution in [3.63, 3.8) is 0 Å². The lowest BCUT2D eigenvalue weighted by Crippen LogP contribution is -2.38. The number of nitrogens with zero attached hydrogens (tertiary/aromatic N) is 1. The second kappa shape index (κ2) is 8.26. The Labute approximate surface area is 182 Å². The first-order chi connectivity index (χ1) is 14.8. The van der Waals surface area contributed by atoms with Crippen molar-refractivity contribution < 1.29 is 14.3 Å². The number of ether oxygens (including phenoxy) is 1. The van der Waals surface area contributed by atoms with Gasteiger partial charge < -0.3 is 15.0 Å². The molecular weight excluding hydrogens is 388 g/mol. The van der Waals surface area contributed by atoms with Gasteiger partial charge in [0.25, 0.3) is 5.91 Å². The fraction of sp³-hybridized carbons (Fsp3) is 0.231. The van der Waals surface area contributed by atoms with Crippen LogP contribution in [0.1, 0.15) is 36.7 Å². The molecule has 5 heteroatoms. The molecule has 0 radical (unpaired) electrons. The second-order valence-electron chi connectivity index (χ2n) is 8.67. The lowest BCUT2D eigenvalue weighted by molar-refractivity contribution is -0.125. The van der Waals surface area contributed by atoms with Gasteiger partial charge in [0, 0.05) is 23.3 Å². The summed E-state index contributed by atoms with van der Waals surface area (Å²) in [4.78, 5) is 27.7. The van der Waals surface area contributed by atoms with E-state index in [1.54, 1.807) is 18.2 Å². The van der Waals surface area contributed by atoms with Crippen molar-refractivity contribution in [3.05, 3.63) is 83.9 Å². The van der Waals surface area contributed by atoms with E-state index in [2.05, 4.69) is 5.32 Å². The largest absolute Gasteiger partial charge is 0.457 e. The number of hydrogen-bond acceptors (Lipinski definition) is 3. The van der Waals surface area contributed by atoms with Crippen LogP contribution in [0.3, 0.4) is 0 Å². The Bertz CT molecular complexity index is 1120. The number of anilines is 2. The van der Waals surface area contributed by atoms with Crippen LogP contribution in [0.2, 0.25) is 0 Å². The highest BCUT2D eigenvalue weighted by Gasteiger charge is 2.32. The van der Waals surface area contributed by atoms with Gasteiger partial charge in [-0.25, -0.2) is 0 Å². The minimum absolute atomic E-state index is 0.0799. The highest BCUT2D eigenvalue weighted by atomic mass is 16.5. The van der Waals surface area contributed by atoms with E-state index >= 15 is 0 Å². The summed E-state index contributed by atoms with van der Waals surface area (Å²) in [6.45, 7) is 6.42. The summed E-state index contributed by atoms with van der Waals surface area (Å²) >= 11 is 0. The van der Waals surface area contributed by atoms with Gasteiger partial charge >= 0.3 is 0 Å².